The molecule has 1 aliphatic heterocycles. The Bertz CT molecular complexity index is 802. The molecule has 2 aromatic carbocycles. The molecule has 0 saturated heterocycles. The maximum absolute atomic E-state index is 12.5. The third-order valence-electron chi connectivity index (χ3n) is 4.38. The van der Waals surface area contributed by atoms with Crippen LogP contribution in [0.5, 0.6) is 17.2 Å². The normalized spacial score (nSPS) is 15.9. The minimum Gasteiger partial charge on any atom is -0.493 e. The lowest BCUT2D eigenvalue weighted by Gasteiger charge is -2.13. The molecular weight excluding hydrogens is 354 g/mol. The van der Waals surface area contributed by atoms with Crippen molar-refractivity contribution in [2.75, 3.05) is 25.1 Å². The van der Waals surface area contributed by atoms with E-state index in [4.69, 9.17) is 25.8 Å². The van der Waals surface area contributed by atoms with E-state index in [9.17, 15) is 4.79 Å². The predicted octanol–water partition coefficient (Wildman–Crippen LogP) is 4.54. The van der Waals surface area contributed by atoms with Crippen molar-refractivity contribution >= 4 is 23.2 Å². The molecule has 0 spiro atoms. The number of carbonyl (C=O) groups is 1. The summed E-state index contributed by atoms with van der Waals surface area (Å²) in [4.78, 5) is 12.5. The van der Waals surface area contributed by atoms with Crippen LogP contribution in [0.4, 0.5) is 5.69 Å². The maximum atomic E-state index is 12.5. The minimum absolute atomic E-state index is 0.241. The highest BCUT2D eigenvalue weighted by Crippen LogP contribution is 2.38. The lowest BCUT2D eigenvalue weighted by Crippen LogP contribution is -2.12. The lowest BCUT2D eigenvalue weighted by atomic mass is 10.2. The topological polar surface area (TPSA) is 56.8 Å². The van der Waals surface area contributed by atoms with Crippen LogP contribution in [0.3, 0.4) is 0 Å². The second kappa shape index (κ2) is 7.46. The van der Waals surface area contributed by atoms with Crippen LogP contribution >= 0.6 is 11.6 Å². The van der Waals surface area contributed by atoms with Crippen molar-refractivity contribution in [3.05, 3.63) is 47.0 Å². The molecule has 5 nitrogen and oxygen atoms in total. The zero-order valence-electron chi connectivity index (χ0n) is 14.3. The zero-order chi connectivity index (χ0) is 17.9. The van der Waals surface area contributed by atoms with E-state index in [2.05, 4.69) is 5.32 Å². The average molecular weight is 374 g/mol. The van der Waals surface area contributed by atoms with Gasteiger partial charge in [0.15, 0.2) is 11.5 Å². The molecule has 0 atom stereocenters. The highest BCUT2D eigenvalue weighted by Gasteiger charge is 2.22. The molecule has 0 bridgehead atoms. The summed E-state index contributed by atoms with van der Waals surface area (Å²) in [5.41, 5.74) is 1.03. The lowest BCUT2D eigenvalue weighted by molar-refractivity contribution is 0.102. The van der Waals surface area contributed by atoms with Gasteiger partial charge < -0.3 is 19.5 Å². The Balaban J connectivity index is 1.44. The number of halogens is 1. The first kappa shape index (κ1) is 17.0. The van der Waals surface area contributed by atoms with Gasteiger partial charge >= 0.3 is 0 Å². The van der Waals surface area contributed by atoms with Crippen LogP contribution < -0.4 is 19.5 Å². The number of nitrogens with one attached hydrogen (secondary N) is 1. The molecule has 2 aromatic rings. The molecule has 2 aliphatic rings. The number of ether oxygens (including phenoxy) is 3. The van der Waals surface area contributed by atoms with E-state index in [0.717, 1.165) is 18.8 Å². The quantitative estimate of drug-likeness (QED) is 0.835. The van der Waals surface area contributed by atoms with Crippen molar-refractivity contribution in [3.8, 4) is 17.2 Å². The fraction of sp³-hybridized carbons (Fsp3) is 0.350. The first-order valence-corrected chi connectivity index (χ1v) is 9.20. The molecule has 0 aromatic heterocycles. The summed E-state index contributed by atoms with van der Waals surface area (Å²) < 4.78 is 16.9. The summed E-state index contributed by atoms with van der Waals surface area (Å²) in [6, 6.07) is 10.5. The minimum atomic E-state index is -0.241. The van der Waals surface area contributed by atoms with E-state index >= 15 is 0 Å². The van der Waals surface area contributed by atoms with Crippen LogP contribution in [0.2, 0.25) is 5.02 Å². The van der Waals surface area contributed by atoms with Crippen LogP contribution in [0.15, 0.2) is 36.4 Å². The summed E-state index contributed by atoms with van der Waals surface area (Å²) in [6.45, 7) is 1.91. The van der Waals surface area contributed by atoms with E-state index in [1.54, 1.807) is 24.3 Å². The fourth-order valence-corrected chi connectivity index (χ4v) is 2.88. The van der Waals surface area contributed by atoms with Crippen molar-refractivity contribution in [1.29, 1.82) is 0 Å². The van der Waals surface area contributed by atoms with Crippen LogP contribution in [-0.2, 0) is 0 Å². The van der Waals surface area contributed by atoms with Crippen LogP contribution in [0.25, 0.3) is 0 Å². The smallest absolute Gasteiger partial charge is 0.255 e. The van der Waals surface area contributed by atoms with Gasteiger partial charge in [0.1, 0.15) is 5.75 Å². The molecule has 1 N–H and O–H groups in total. The molecule has 26 heavy (non-hydrogen) atoms. The second-order valence-corrected chi connectivity index (χ2v) is 6.97. The Labute approximate surface area is 157 Å². The zero-order valence-corrected chi connectivity index (χ0v) is 15.1. The molecule has 1 amide bonds. The summed E-state index contributed by atoms with van der Waals surface area (Å²) in [5, 5.41) is 3.24. The number of hydrogen-bond acceptors (Lipinski definition) is 4. The van der Waals surface area contributed by atoms with Crippen molar-refractivity contribution in [2.45, 2.75) is 19.3 Å². The van der Waals surface area contributed by atoms with Gasteiger partial charge in [-0.25, -0.2) is 0 Å². The largest absolute Gasteiger partial charge is 0.493 e. The number of carbonyl (C=O) groups excluding carboxylic acids is 1. The van der Waals surface area contributed by atoms with Crippen molar-refractivity contribution in [2.24, 2.45) is 5.92 Å². The molecule has 1 heterocycles. The molecule has 0 unspecified atom stereocenters. The third kappa shape index (κ3) is 4.05. The Hall–Kier alpha value is -2.40. The first-order chi connectivity index (χ1) is 12.7. The fourth-order valence-electron chi connectivity index (χ4n) is 2.68. The van der Waals surface area contributed by atoms with E-state index in [-0.39, 0.29) is 5.91 Å². The Morgan fingerprint density at radius 1 is 1.12 bits per heavy atom. The van der Waals surface area contributed by atoms with Gasteiger partial charge in [0.25, 0.3) is 5.91 Å². The number of benzene rings is 2. The number of fused-ring (bicyclic) bond motifs is 1. The van der Waals surface area contributed by atoms with E-state index in [1.807, 2.05) is 12.1 Å². The van der Waals surface area contributed by atoms with Gasteiger partial charge in [0.2, 0.25) is 0 Å². The SMILES string of the molecule is O=C(Nc1cc2c(cc1Cl)OCCCO2)c1ccc(OCC2CC2)cc1. The maximum Gasteiger partial charge on any atom is 0.255 e. The second-order valence-electron chi connectivity index (χ2n) is 6.56. The molecule has 1 aliphatic carbocycles. The number of amides is 1. The van der Waals surface area contributed by atoms with Crippen molar-refractivity contribution in [1.82, 2.24) is 0 Å². The van der Waals surface area contributed by atoms with Crippen LogP contribution in [0, 0.1) is 5.92 Å². The van der Waals surface area contributed by atoms with Gasteiger partial charge in [-0.15, -0.1) is 0 Å². The molecule has 4 rings (SSSR count). The highest BCUT2D eigenvalue weighted by molar-refractivity contribution is 6.34. The van der Waals surface area contributed by atoms with Gasteiger partial charge in [-0.1, -0.05) is 11.6 Å². The number of rotatable bonds is 5. The number of hydrogen-bond donors (Lipinski definition) is 1. The third-order valence-corrected chi connectivity index (χ3v) is 4.70. The van der Waals surface area contributed by atoms with E-state index in [1.165, 1.54) is 12.8 Å². The summed E-state index contributed by atoms with van der Waals surface area (Å²) in [5.74, 6) is 2.42. The monoisotopic (exact) mass is 373 g/mol. The van der Waals surface area contributed by atoms with Gasteiger partial charge in [0, 0.05) is 24.1 Å². The van der Waals surface area contributed by atoms with Gasteiger partial charge in [-0.3, -0.25) is 4.79 Å². The van der Waals surface area contributed by atoms with Crippen molar-refractivity contribution < 1.29 is 19.0 Å². The van der Waals surface area contributed by atoms with Crippen molar-refractivity contribution in [3.63, 3.8) is 0 Å². The highest BCUT2D eigenvalue weighted by atomic mass is 35.5. The Morgan fingerprint density at radius 2 is 1.81 bits per heavy atom. The average Bonchev–Trinajstić information content (AvgIpc) is 3.48. The Kier molecular flexibility index (Phi) is 4.89. The molecule has 1 saturated carbocycles. The van der Waals surface area contributed by atoms with E-state index < -0.39 is 0 Å². The summed E-state index contributed by atoms with van der Waals surface area (Å²) >= 11 is 6.28. The van der Waals surface area contributed by atoms with Gasteiger partial charge in [-0.2, -0.15) is 0 Å². The number of anilines is 1. The molecular formula is C20H20ClNO4. The molecule has 0 radical (unpaired) electrons. The summed E-state index contributed by atoms with van der Waals surface area (Å²) in [7, 11) is 0. The van der Waals surface area contributed by atoms with Crippen LogP contribution in [-0.4, -0.2) is 25.7 Å². The van der Waals surface area contributed by atoms with Gasteiger partial charge in [-0.05, 0) is 43.0 Å². The summed E-state index contributed by atoms with van der Waals surface area (Å²) in [6.07, 6.45) is 3.30. The van der Waals surface area contributed by atoms with Crippen LogP contribution in [0.1, 0.15) is 29.6 Å². The Morgan fingerprint density at radius 3 is 2.50 bits per heavy atom. The van der Waals surface area contributed by atoms with E-state index in [0.29, 0.717) is 46.9 Å². The molecule has 1 fully saturated rings. The first-order valence-electron chi connectivity index (χ1n) is 8.82. The predicted molar refractivity (Wildman–Crippen MR) is 99.7 cm³/mol. The standard InChI is InChI=1S/C20H20ClNO4/c21-16-10-18-19(25-9-1-8-24-18)11-17(16)22-20(23)14-4-6-15(7-5-14)26-12-13-2-3-13/h4-7,10-11,13H,1-3,8-9,12H2,(H,22,23). The molecule has 6 heteroatoms. The molecule has 136 valence electrons. The van der Waals surface area contributed by atoms with Gasteiger partial charge in [0.05, 0.1) is 30.5 Å².